The molecular formula is C24H21FN4O. The summed E-state index contributed by atoms with van der Waals surface area (Å²) in [6.45, 7) is 2.39. The number of aromatic nitrogens is 2. The third-order valence-corrected chi connectivity index (χ3v) is 5.60. The second kappa shape index (κ2) is 7.39. The molecule has 1 aliphatic rings. The molecule has 5 nitrogen and oxygen atoms in total. The van der Waals surface area contributed by atoms with Crippen molar-refractivity contribution >= 4 is 22.1 Å². The summed E-state index contributed by atoms with van der Waals surface area (Å²) in [7, 11) is 2.08. The number of benzene rings is 3. The Kier molecular flexibility index (Phi) is 4.56. The van der Waals surface area contributed by atoms with Crippen LogP contribution in [0, 0.1) is 5.82 Å². The molecule has 150 valence electrons. The summed E-state index contributed by atoms with van der Waals surface area (Å²) in [6.07, 6.45) is 0. The zero-order valence-electron chi connectivity index (χ0n) is 16.6. The monoisotopic (exact) mass is 400 g/mol. The fourth-order valence-electron chi connectivity index (χ4n) is 4.07. The summed E-state index contributed by atoms with van der Waals surface area (Å²) in [5.41, 5.74) is 4.46. The molecule has 0 amide bonds. The van der Waals surface area contributed by atoms with Gasteiger partial charge in [-0.3, -0.25) is 4.79 Å². The van der Waals surface area contributed by atoms with E-state index in [-0.39, 0.29) is 11.4 Å². The minimum atomic E-state index is -0.224. The highest BCUT2D eigenvalue weighted by atomic mass is 19.1. The number of halogens is 1. The van der Waals surface area contributed by atoms with E-state index in [1.807, 2.05) is 36.4 Å². The number of nitrogens with one attached hydrogen (secondary N) is 1. The van der Waals surface area contributed by atoms with Crippen molar-refractivity contribution in [2.45, 2.75) is 6.54 Å². The third kappa shape index (κ3) is 3.35. The highest BCUT2D eigenvalue weighted by molar-refractivity contribution is 5.88. The molecule has 0 radical (unpaired) electrons. The van der Waals surface area contributed by atoms with Gasteiger partial charge in [-0.15, -0.1) is 0 Å². The van der Waals surface area contributed by atoms with E-state index in [0.717, 1.165) is 47.5 Å². The largest absolute Gasteiger partial charge is 0.340 e. The van der Waals surface area contributed by atoms with Crippen LogP contribution < -0.4 is 10.5 Å². The lowest BCUT2D eigenvalue weighted by Gasteiger charge is -2.26. The minimum Gasteiger partial charge on any atom is -0.340 e. The normalized spacial score (nSPS) is 14.5. The van der Waals surface area contributed by atoms with Gasteiger partial charge in [0.25, 0.3) is 5.56 Å². The topological polar surface area (TPSA) is 52.2 Å². The summed E-state index contributed by atoms with van der Waals surface area (Å²) in [5.74, 6) is -0.212. The van der Waals surface area contributed by atoms with E-state index in [9.17, 15) is 9.18 Å². The molecular weight excluding hydrogens is 379 g/mol. The molecule has 0 saturated heterocycles. The van der Waals surface area contributed by atoms with Gasteiger partial charge in [0.15, 0.2) is 0 Å². The number of aromatic amines is 1. The highest BCUT2D eigenvalue weighted by Crippen LogP contribution is 2.36. The third-order valence-electron chi connectivity index (χ3n) is 5.60. The number of nitrogens with zero attached hydrogens (tertiary/aromatic N) is 3. The zero-order chi connectivity index (χ0) is 20.7. The van der Waals surface area contributed by atoms with Crippen molar-refractivity contribution in [2.75, 3.05) is 25.0 Å². The Morgan fingerprint density at radius 3 is 2.70 bits per heavy atom. The number of fused-ring (bicyclic) bond motifs is 2. The lowest BCUT2D eigenvalue weighted by Crippen LogP contribution is -2.26. The van der Waals surface area contributed by atoms with Crippen molar-refractivity contribution in [3.63, 3.8) is 0 Å². The minimum absolute atomic E-state index is 0.212. The first-order chi connectivity index (χ1) is 14.6. The summed E-state index contributed by atoms with van der Waals surface area (Å²) in [6, 6.07) is 20.6. The van der Waals surface area contributed by atoms with E-state index < -0.39 is 0 Å². The molecule has 0 spiro atoms. The van der Waals surface area contributed by atoms with Crippen LogP contribution in [0.25, 0.3) is 22.0 Å². The Hall–Kier alpha value is -3.51. The molecule has 1 N–H and O–H groups in total. The first kappa shape index (κ1) is 18.5. The van der Waals surface area contributed by atoms with E-state index >= 15 is 0 Å². The maximum Gasteiger partial charge on any atom is 0.264 e. The van der Waals surface area contributed by atoms with Crippen molar-refractivity contribution in [3.05, 3.63) is 88.5 Å². The molecule has 3 aromatic carbocycles. The van der Waals surface area contributed by atoms with Crippen LogP contribution in [0.1, 0.15) is 5.56 Å². The summed E-state index contributed by atoms with van der Waals surface area (Å²) in [5, 5.41) is 8.16. The molecule has 0 fully saturated rings. The van der Waals surface area contributed by atoms with Crippen LogP contribution in [-0.2, 0) is 6.54 Å². The predicted octanol–water partition coefficient (Wildman–Crippen LogP) is 4.31. The smallest absolute Gasteiger partial charge is 0.264 e. The highest BCUT2D eigenvalue weighted by Gasteiger charge is 2.21. The average Bonchev–Trinajstić information content (AvgIpc) is 2.92. The summed E-state index contributed by atoms with van der Waals surface area (Å²) < 4.78 is 14.8. The Morgan fingerprint density at radius 1 is 1.00 bits per heavy atom. The van der Waals surface area contributed by atoms with Crippen LogP contribution in [0.4, 0.5) is 15.8 Å². The molecule has 1 aromatic heterocycles. The van der Waals surface area contributed by atoms with Crippen LogP contribution in [0.2, 0.25) is 0 Å². The average molecular weight is 400 g/mol. The van der Waals surface area contributed by atoms with Gasteiger partial charge in [0, 0.05) is 48.0 Å². The summed E-state index contributed by atoms with van der Waals surface area (Å²) in [4.78, 5) is 15.8. The number of likely N-dealkylation sites (N-methyl/N-ethyl adjacent to an activating group) is 1. The van der Waals surface area contributed by atoms with Crippen LogP contribution in [0.5, 0.6) is 0 Å². The van der Waals surface area contributed by atoms with Gasteiger partial charge in [0.1, 0.15) is 5.82 Å². The van der Waals surface area contributed by atoms with E-state index in [1.54, 1.807) is 12.1 Å². The van der Waals surface area contributed by atoms with Crippen molar-refractivity contribution in [2.24, 2.45) is 0 Å². The number of hydrogen-bond acceptors (Lipinski definition) is 4. The fraction of sp³-hybridized carbons (Fsp3) is 0.167. The van der Waals surface area contributed by atoms with Gasteiger partial charge in [0.2, 0.25) is 0 Å². The number of H-pyrrole nitrogens is 1. The van der Waals surface area contributed by atoms with Crippen molar-refractivity contribution in [1.82, 2.24) is 15.1 Å². The van der Waals surface area contributed by atoms with E-state index in [4.69, 9.17) is 0 Å². The maximum atomic E-state index is 14.8. The second-order valence-electron chi connectivity index (χ2n) is 7.69. The number of hydrogen-bond donors (Lipinski definition) is 1. The molecule has 0 aliphatic carbocycles. The molecule has 4 aromatic rings. The standard InChI is InChI=1S/C24H21FN4O/c1-28-10-11-29(19-13-16-4-2-3-5-20(16)21(25)14-19)23-8-6-17(12-18(23)15-28)22-7-9-24(30)27-26-22/h2-9,12-14H,10-11,15H2,1H3,(H,27,30). The van der Waals surface area contributed by atoms with Crippen LogP contribution >= 0.6 is 0 Å². The second-order valence-corrected chi connectivity index (χ2v) is 7.69. The molecule has 6 heteroatoms. The number of anilines is 2. The van der Waals surface area contributed by atoms with Crippen molar-refractivity contribution in [1.29, 1.82) is 0 Å². The van der Waals surface area contributed by atoms with Crippen LogP contribution in [0.15, 0.2) is 71.5 Å². The predicted molar refractivity (Wildman–Crippen MR) is 118 cm³/mol. The number of rotatable bonds is 2. The van der Waals surface area contributed by atoms with Crippen LogP contribution in [0.3, 0.4) is 0 Å². The lowest BCUT2D eigenvalue weighted by atomic mass is 10.0. The van der Waals surface area contributed by atoms with Gasteiger partial charge in [-0.2, -0.15) is 5.10 Å². The van der Waals surface area contributed by atoms with Gasteiger partial charge in [-0.25, -0.2) is 9.49 Å². The van der Waals surface area contributed by atoms with Gasteiger partial charge in [0.05, 0.1) is 5.69 Å². The lowest BCUT2D eigenvalue weighted by molar-refractivity contribution is 0.343. The molecule has 0 saturated carbocycles. The van der Waals surface area contributed by atoms with E-state index in [2.05, 4.69) is 39.2 Å². The molecule has 0 unspecified atom stereocenters. The van der Waals surface area contributed by atoms with Gasteiger partial charge in [-0.1, -0.05) is 30.3 Å². The Balaban J connectivity index is 1.62. The molecule has 0 bridgehead atoms. The quantitative estimate of drug-likeness (QED) is 0.545. The fourth-order valence-corrected chi connectivity index (χ4v) is 4.07. The van der Waals surface area contributed by atoms with Crippen molar-refractivity contribution in [3.8, 4) is 11.3 Å². The molecule has 0 atom stereocenters. The molecule has 5 rings (SSSR count). The Bertz CT molecular complexity index is 1280. The molecule has 2 heterocycles. The van der Waals surface area contributed by atoms with Gasteiger partial charge < -0.3 is 9.80 Å². The van der Waals surface area contributed by atoms with E-state index in [1.165, 1.54) is 6.07 Å². The van der Waals surface area contributed by atoms with Crippen molar-refractivity contribution < 1.29 is 4.39 Å². The Morgan fingerprint density at radius 2 is 1.87 bits per heavy atom. The Labute approximate surface area is 173 Å². The van der Waals surface area contributed by atoms with Gasteiger partial charge in [-0.05, 0) is 48.3 Å². The SMILES string of the molecule is CN1CCN(c2cc(F)c3ccccc3c2)c2ccc(-c3ccc(=O)[nH]n3)cc2C1. The first-order valence-electron chi connectivity index (χ1n) is 9.92. The maximum absolute atomic E-state index is 14.8. The molecule has 1 aliphatic heterocycles. The summed E-state index contributed by atoms with van der Waals surface area (Å²) >= 11 is 0. The molecule has 30 heavy (non-hydrogen) atoms. The van der Waals surface area contributed by atoms with Crippen LogP contribution in [-0.4, -0.2) is 35.2 Å². The van der Waals surface area contributed by atoms with Gasteiger partial charge >= 0.3 is 0 Å². The van der Waals surface area contributed by atoms with E-state index in [0.29, 0.717) is 11.1 Å². The first-order valence-corrected chi connectivity index (χ1v) is 9.92. The zero-order valence-corrected chi connectivity index (χ0v) is 16.6.